The number of para-hydroxylation sites is 1. The number of unbranched alkanes of at least 4 members (excludes halogenated alkanes) is 2. The third kappa shape index (κ3) is 4.59. The van der Waals surface area contributed by atoms with E-state index in [4.69, 9.17) is 4.74 Å². The molecule has 214 valence electrons. The van der Waals surface area contributed by atoms with Gasteiger partial charge in [-0.05, 0) is 73.6 Å². The Hall–Kier alpha value is -3.75. The summed E-state index contributed by atoms with van der Waals surface area (Å²) in [6.07, 6.45) is 3.72. The number of hydrogen-bond donors (Lipinski definition) is 3. The predicted octanol–water partition coefficient (Wildman–Crippen LogP) is 4.73. The number of benzene rings is 3. The lowest BCUT2D eigenvalue weighted by atomic mass is 9.65. The molecule has 3 heterocycles. The van der Waals surface area contributed by atoms with Gasteiger partial charge in [0.2, 0.25) is 17.7 Å². The molecule has 3 aromatic rings. The molecule has 8 nitrogen and oxygen atoms in total. The van der Waals surface area contributed by atoms with E-state index in [0.717, 1.165) is 17.2 Å². The maximum absolute atomic E-state index is 14.2. The molecule has 0 aromatic heterocycles. The molecule has 2 bridgehead atoms. The Morgan fingerprint density at radius 3 is 2.39 bits per heavy atom. The number of hydrogen-bond acceptors (Lipinski definition) is 5. The van der Waals surface area contributed by atoms with Crippen molar-refractivity contribution in [1.82, 2.24) is 4.90 Å². The van der Waals surface area contributed by atoms with Gasteiger partial charge in [0.1, 0.15) is 11.6 Å². The summed E-state index contributed by atoms with van der Waals surface area (Å²) >= 11 is 0. The van der Waals surface area contributed by atoms with Crippen LogP contribution < -0.4 is 10.6 Å². The minimum atomic E-state index is -1.08. The van der Waals surface area contributed by atoms with Crippen LogP contribution in [-0.4, -0.2) is 58.1 Å². The minimum absolute atomic E-state index is 0.0796. The number of carbonyl (C=O) groups is 3. The van der Waals surface area contributed by atoms with E-state index in [0.29, 0.717) is 50.0 Å². The minimum Gasteiger partial charge on any atom is -0.396 e. The van der Waals surface area contributed by atoms with Crippen LogP contribution in [0.1, 0.15) is 45.4 Å². The van der Waals surface area contributed by atoms with Gasteiger partial charge in [-0.3, -0.25) is 14.4 Å². The second-order valence-electron chi connectivity index (χ2n) is 11.6. The number of ether oxygens (including phenoxy) is 1. The number of likely N-dealkylation sites (tertiary alicyclic amines) is 1. The van der Waals surface area contributed by atoms with E-state index in [2.05, 4.69) is 10.6 Å². The van der Waals surface area contributed by atoms with Crippen LogP contribution >= 0.6 is 0 Å². The molecule has 3 fully saturated rings. The number of anilines is 2. The first kappa shape index (κ1) is 27.4. The lowest BCUT2D eigenvalue weighted by Crippen LogP contribution is -2.53. The normalized spacial score (nSPS) is 28.2. The molecule has 0 aliphatic carbocycles. The fraction of sp³-hybridized carbons (Fsp3) is 0.424. The van der Waals surface area contributed by atoms with Crippen molar-refractivity contribution in [1.29, 1.82) is 0 Å². The van der Waals surface area contributed by atoms with E-state index in [-0.39, 0.29) is 24.3 Å². The lowest BCUT2D eigenvalue weighted by molar-refractivity contribution is -0.144. The second kappa shape index (κ2) is 10.9. The number of aliphatic hydroxyl groups is 1. The Labute approximate surface area is 240 Å². The van der Waals surface area contributed by atoms with Gasteiger partial charge in [-0.25, -0.2) is 0 Å². The molecule has 3 aliphatic rings. The van der Waals surface area contributed by atoms with Gasteiger partial charge in [-0.2, -0.15) is 0 Å². The summed E-state index contributed by atoms with van der Waals surface area (Å²) < 4.78 is 6.84. The third-order valence-corrected chi connectivity index (χ3v) is 9.33. The van der Waals surface area contributed by atoms with Crippen LogP contribution in [0.15, 0.2) is 72.8 Å². The zero-order valence-corrected chi connectivity index (χ0v) is 23.3. The van der Waals surface area contributed by atoms with Gasteiger partial charge in [0.15, 0.2) is 0 Å². The zero-order valence-electron chi connectivity index (χ0n) is 23.3. The molecule has 0 radical (unpaired) electrons. The summed E-state index contributed by atoms with van der Waals surface area (Å²) in [6, 6.07) is 22.1. The number of nitrogens with one attached hydrogen (secondary N) is 2. The van der Waals surface area contributed by atoms with Crippen molar-refractivity contribution in [3.8, 4) is 0 Å². The van der Waals surface area contributed by atoms with Crippen LogP contribution in [-0.2, 0) is 19.1 Å². The maximum Gasteiger partial charge on any atom is 0.250 e. The molecule has 3 amide bonds. The van der Waals surface area contributed by atoms with Crippen molar-refractivity contribution in [3.05, 3.63) is 72.8 Å². The smallest absolute Gasteiger partial charge is 0.250 e. The third-order valence-electron chi connectivity index (χ3n) is 9.33. The van der Waals surface area contributed by atoms with E-state index in [1.54, 1.807) is 4.90 Å². The summed E-state index contributed by atoms with van der Waals surface area (Å²) in [5.41, 5.74) is -0.567. The summed E-state index contributed by atoms with van der Waals surface area (Å²) in [5, 5.41) is 17.4. The number of amides is 3. The fourth-order valence-corrected chi connectivity index (χ4v) is 7.45. The Balaban J connectivity index is 1.34. The van der Waals surface area contributed by atoms with Crippen LogP contribution in [0.5, 0.6) is 0 Å². The van der Waals surface area contributed by atoms with Gasteiger partial charge in [0.05, 0.1) is 17.4 Å². The van der Waals surface area contributed by atoms with Crippen LogP contribution in [0.3, 0.4) is 0 Å². The number of aliphatic hydroxyl groups excluding tert-OH is 1. The van der Waals surface area contributed by atoms with Crippen molar-refractivity contribution in [2.24, 2.45) is 11.8 Å². The summed E-state index contributed by atoms with van der Waals surface area (Å²) in [4.78, 5) is 43.9. The molecule has 3 aromatic carbocycles. The lowest BCUT2D eigenvalue weighted by Gasteiger charge is -2.34. The van der Waals surface area contributed by atoms with Crippen molar-refractivity contribution >= 4 is 39.9 Å². The van der Waals surface area contributed by atoms with E-state index >= 15 is 0 Å². The van der Waals surface area contributed by atoms with Crippen molar-refractivity contribution < 1.29 is 24.2 Å². The fourth-order valence-electron chi connectivity index (χ4n) is 7.45. The Morgan fingerprint density at radius 2 is 1.63 bits per heavy atom. The number of carbonyl (C=O) groups excluding carboxylic acids is 3. The van der Waals surface area contributed by atoms with Crippen molar-refractivity contribution in [2.45, 2.75) is 62.7 Å². The summed E-state index contributed by atoms with van der Waals surface area (Å²) in [7, 11) is 0. The standard InChI is InChI=1S/C33H37N3O5/c1-2-32-17-18-33(41-32)27(26(32)29(38)34-24-13-5-3-6-14-24)31(40)36(19-9-4-10-20-37)28(33)30(39)35-25-16-15-22-11-7-8-12-23(22)21-25/h3,5-8,11-16,21,26-28,37H,2,4,9-10,17-20H2,1H3,(H,34,38)(H,35,39)/t26-,27+,28?,32+,33?/m1/s1. The van der Waals surface area contributed by atoms with Gasteiger partial charge in [-0.1, -0.05) is 55.5 Å². The van der Waals surface area contributed by atoms with Gasteiger partial charge in [0.25, 0.3) is 0 Å². The average Bonchev–Trinajstić information content (AvgIpc) is 3.59. The van der Waals surface area contributed by atoms with Gasteiger partial charge in [0, 0.05) is 24.5 Å². The number of nitrogens with zero attached hydrogens (tertiary/aromatic N) is 1. The zero-order chi connectivity index (χ0) is 28.6. The highest BCUT2D eigenvalue weighted by Gasteiger charge is 2.78. The van der Waals surface area contributed by atoms with Gasteiger partial charge in [-0.15, -0.1) is 0 Å². The first-order valence-corrected chi connectivity index (χ1v) is 14.7. The molecule has 5 atom stereocenters. The molecule has 3 saturated heterocycles. The van der Waals surface area contributed by atoms with Crippen molar-refractivity contribution in [2.75, 3.05) is 23.8 Å². The second-order valence-corrected chi connectivity index (χ2v) is 11.6. The average molecular weight is 556 g/mol. The molecule has 1 spiro atoms. The van der Waals surface area contributed by atoms with Gasteiger partial charge < -0.3 is 25.4 Å². The van der Waals surface area contributed by atoms with Gasteiger partial charge >= 0.3 is 0 Å². The summed E-state index contributed by atoms with van der Waals surface area (Å²) in [5.74, 6) is -2.18. The Bertz CT molecular complexity index is 1460. The largest absolute Gasteiger partial charge is 0.396 e. The topological polar surface area (TPSA) is 108 Å². The maximum atomic E-state index is 14.2. The summed E-state index contributed by atoms with van der Waals surface area (Å²) in [6.45, 7) is 2.43. The number of rotatable bonds is 10. The van der Waals surface area contributed by atoms with E-state index in [1.807, 2.05) is 79.7 Å². The highest BCUT2D eigenvalue weighted by molar-refractivity contribution is 6.05. The first-order valence-electron chi connectivity index (χ1n) is 14.7. The molecule has 41 heavy (non-hydrogen) atoms. The molecule has 0 saturated carbocycles. The molecule has 8 heteroatoms. The Morgan fingerprint density at radius 1 is 0.902 bits per heavy atom. The van der Waals surface area contributed by atoms with E-state index in [9.17, 15) is 19.5 Å². The number of fused-ring (bicyclic) bond motifs is 2. The molecule has 3 aliphatic heterocycles. The molecular formula is C33H37N3O5. The molecular weight excluding hydrogens is 518 g/mol. The highest BCUT2D eigenvalue weighted by atomic mass is 16.5. The van der Waals surface area contributed by atoms with Crippen LogP contribution in [0.25, 0.3) is 10.8 Å². The van der Waals surface area contributed by atoms with Crippen LogP contribution in [0.2, 0.25) is 0 Å². The SMILES string of the molecule is CC[C@@]12CCC3(O1)C(C(=O)Nc1ccc4ccccc4c1)N(CCCCCO)C(=O)[C@@H]3[C@@H]2C(=O)Nc1ccccc1. The predicted molar refractivity (Wildman–Crippen MR) is 157 cm³/mol. The Kier molecular flexibility index (Phi) is 7.30. The molecule has 3 N–H and O–H groups in total. The van der Waals surface area contributed by atoms with Crippen LogP contribution in [0, 0.1) is 11.8 Å². The monoisotopic (exact) mass is 555 g/mol. The highest BCUT2D eigenvalue weighted by Crippen LogP contribution is 2.64. The molecule has 2 unspecified atom stereocenters. The first-order chi connectivity index (χ1) is 19.9. The molecule has 6 rings (SSSR count). The van der Waals surface area contributed by atoms with E-state index < -0.39 is 29.1 Å². The van der Waals surface area contributed by atoms with Crippen molar-refractivity contribution in [3.63, 3.8) is 0 Å². The van der Waals surface area contributed by atoms with E-state index in [1.165, 1.54) is 0 Å². The quantitative estimate of drug-likeness (QED) is 0.314. The van der Waals surface area contributed by atoms with Crippen LogP contribution in [0.4, 0.5) is 11.4 Å².